The highest BCUT2D eigenvalue weighted by Crippen LogP contribution is 2.36. The summed E-state index contributed by atoms with van der Waals surface area (Å²) in [5, 5.41) is 0. The Morgan fingerprint density at radius 3 is 2.37 bits per heavy atom. The maximum absolute atomic E-state index is 13.1. The van der Waals surface area contributed by atoms with E-state index in [1.165, 1.54) is 19.2 Å². The lowest BCUT2D eigenvalue weighted by Gasteiger charge is -2.44. The van der Waals surface area contributed by atoms with Crippen LogP contribution in [0.5, 0.6) is 17.2 Å². The van der Waals surface area contributed by atoms with Crippen LogP contribution in [0.15, 0.2) is 42.5 Å². The zero-order valence-electron chi connectivity index (χ0n) is 17.9. The molecule has 0 bridgehead atoms. The third-order valence-corrected chi connectivity index (χ3v) is 5.45. The molecule has 162 valence electrons. The summed E-state index contributed by atoms with van der Waals surface area (Å²) in [5.74, 6) is 1.20. The van der Waals surface area contributed by atoms with Crippen LogP contribution in [-0.4, -0.2) is 61.7 Å². The van der Waals surface area contributed by atoms with E-state index in [0.29, 0.717) is 23.8 Å². The van der Waals surface area contributed by atoms with Gasteiger partial charge in [0, 0.05) is 31.7 Å². The fraction of sp³-hybridized carbons (Fsp3) is 0.435. The molecular weight excluding hydrogens is 387 g/mol. The molecule has 0 spiro atoms. The minimum absolute atomic E-state index is 0.0463. The van der Waals surface area contributed by atoms with Crippen LogP contribution in [0.2, 0.25) is 0 Å². The Bertz CT molecular complexity index is 859. The molecule has 0 aliphatic carbocycles. The minimum Gasteiger partial charge on any atom is -0.493 e. The van der Waals surface area contributed by atoms with Gasteiger partial charge in [-0.1, -0.05) is 18.2 Å². The van der Waals surface area contributed by atoms with E-state index in [0.717, 1.165) is 18.7 Å². The molecule has 30 heavy (non-hydrogen) atoms. The van der Waals surface area contributed by atoms with Gasteiger partial charge < -0.3 is 19.1 Å². The second-order valence-electron chi connectivity index (χ2n) is 7.58. The summed E-state index contributed by atoms with van der Waals surface area (Å²) in [7, 11) is 3.10. The van der Waals surface area contributed by atoms with E-state index >= 15 is 0 Å². The van der Waals surface area contributed by atoms with Crippen molar-refractivity contribution in [2.75, 3.05) is 33.9 Å². The quantitative estimate of drug-likeness (QED) is 0.693. The smallest absolute Gasteiger partial charge is 0.260 e. The zero-order valence-corrected chi connectivity index (χ0v) is 17.9. The standard InChI is InChI=1S/C23H29FN2O4/c1-16-13-26(17(2)12-25(16)14-18-8-10-19(24)11-9-18)22(27)15-30-21-7-5-6-20(28-3)23(21)29-4/h5-11,16-17H,12-15H2,1-4H3/t16-,17+/m0/s1. The van der Waals surface area contributed by atoms with Crippen molar-refractivity contribution < 1.29 is 23.4 Å². The maximum Gasteiger partial charge on any atom is 0.260 e. The van der Waals surface area contributed by atoms with Gasteiger partial charge in [0.2, 0.25) is 5.75 Å². The highest BCUT2D eigenvalue weighted by Gasteiger charge is 2.32. The summed E-state index contributed by atoms with van der Waals surface area (Å²) in [4.78, 5) is 17.0. The van der Waals surface area contributed by atoms with Crippen molar-refractivity contribution in [3.63, 3.8) is 0 Å². The van der Waals surface area contributed by atoms with Gasteiger partial charge >= 0.3 is 0 Å². The van der Waals surface area contributed by atoms with E-state index in [1.807, 2.05) is 11.8 Å². The molecule has 1 saturated heterocycles. The molecule has 6 nitrogen and oxygen atoms in total. The zero-order chi connectivity index (χ0) is 21.7. The van der Waals surface area contributed by atoms with E-state index < -0.39 is 0 Å². The van der Waals surface area contributed by atoms with Crippen LogP contribution in [0.1, 0.15) is 19.4 Å². The molecule has 1 amide bonds. The fourth-order valence-electron chi connectivity index (χ4n) is 3.78. The molecular formula is C23H29FN2O4. The number of carbonyl (C=O) groups is 1. The first-order valence-electron chi connectivity index (χ1n) is 10.0. The first-order valence-corrected chi connectivity index (χ1v) is 10.0. The molecule has 3 rings (SSSR count). The van der Waals surface area contributed by atoms with Gasteiger partial charge in [-0.15, -0.1) is 0 Å². The molecule has 0 aromatic heterocycles. The predicted molar refractivity (Wildman–Crippen MR) is 112 cm³/mol. The van der Waals surface area contributed by atoms with Crippen LogP contribution >= 0.6 is 0 Å². The summed E-state index contributed by atoms with van der Waals surface area (Å²) in [6.07, 6.45) is 0. The molecule has 1 aliphatic heterocycles. The Kier molecular flexibility index (Phi) is 7.15. The molecule has 1 aliphatic rings. The average molecular weight is 416 g/mol. The summed E-state index contributed by atoms with van der Waals surface area (Å²) < 4.78 is 29.5. The van der Waals surface area contributed by atoms with Gasteiger partial charge in [0.05, 0.1) is 14.2 Å². The van der Waals surface area contributed by atoms with Gasteiger partial charge in [-0.05, 0) is 43.7 Å². The molecule has 1 heterocycles. The second-order valence-corrected chi connectivity index (χ2v) is 7.58. The lowest BCUT2D eigenvalue weighted by atomic mass is 10.1. The normalized spacial score (nSPS) is 19.4. The molecule has 2 aromatic carbocycles. The maximum atomic E-state index is 13.1. The number of para-hydroxylation sites is 1. The van der Waals surface area contributed by atoms with E-state index in [1.54, 1.807) is 37.4 Å². The number of ether oxygens (including phenoxy) is 3. The van der Waals surface area contributed by atoms with Gasteiger partial charge in [0.15, 0.2) is 18.1 Å². The topological polar surface area (TPSA) is 51.2 Å². The molecule has 0 N–H and O–H groups in total. The molecule has 2 atom stereocenters. The summed E-state index contributed by atoms with van der Waals surface area (Å²) in [5.41, 5.74) is 1.06. The van der Waals surface area contributed by atoms with Gasteiger partial charge in [0.1, 0.15) is 5.82 Å². The Labute approximate surface area is 177 Å². The number of benzene rings is 2. The van der Waals surface area contributed by atoms with Crippen molar-refractivity contribution in [2.24, 2.45) is 0 Å². The number of hydrogen-bond donors (Lipinski definition) is 0. The predicted octanol–water partition coefficient (Wildman–Crippen LogP) is 3.34. The monoisotopic (exact) mass is 416 g/mol. The van der Waals surface area contributed by atoms with Crippen LogP contribution in [0.4, 0.5) is 4.39 Å². The van der Waals surface area contributed by atoms with E-state index in [4.69, 9.17) is 14.2 Å². The van der Waals surface area contributed by atoms with Gasteiger partial charge in [-0.3, -0.25) is 9.69 Å². The van der Waals surface area contributed by atoms with E-state index in [2.05, 4.69) is 11.8 Å². The Balaban J connectivity index is 1.59. The van der Waals surface area contributed by atoms with Crippen molar-refractivity contribution in [2.45, 2.75) is 32.5 Å². The third kappa shape index (κ3) is 5.02. The third-order valence-electron chi connectivity index (χ3n) is 5.45. The van der Waals surface area contributed by atoms with E-state index in [9.17, 15) is 9.18 Å². The summed E-state index contributed by atoms with van der Waals surface area (Å²) in [6.45, 7) is 6.14. The molecule has 7 heteroatoms. The number of amides is 1. The Hall–Kier alpha value is -2.80. The number of carbonyl (C=O) groups excluding carboxylic acids is 1. The van der Waals surface area contributed by atoms with E-state index in [-0.39, 0.29) is 30.4 Å². The Morgan fingerprint density at radius 1 is 1.00 bits per heavy atom. The first-order chi connectivity index (χ1) is 14.4. The SMILES string of the molecule is COc1cccc(OCC(=O)N2C[C@H](C)N(Cc3ccc(F)cc3)C[C@H]2C)c1OC. The van der Waals surface area contributed by atoms with Crippen LogP contribution in [0.3, 0.4) is 0 Å². The highest BCUT2D eigenvalue weighted by molar-refractivity contribution is 5.78. The highest BCUT2D eigenvalue weighted by atomic mass is 19.1. The van der Waals surface area contributed by atoms with Crippen LogP contribution < -0.4 is 14.2 Å². The molecule has 0 radical (unpaired) electrons. The van der Waals surface area contributed by atoms with Crippen molar-refractivity contribution in [3.8, 4) is 17.2 Å². The fourth-order valence-corrected chi connectivity index (χ4v) is 3.78. The lowest BCUT2D eigenvalue weighted by Crippen LogP contribution is -2.58. The van der Waals surface area contributed by atoms with Gasteiger partial charge in [0.25, 0.3) is 5.91 Å². The van der Waals surface area contributed by atoms with Crippen LogP contribution in [0, 0.1) is 5.82 Å². The first kappa shape index (κ1) is 21.9. The molecule has 0 unspecified atom stereocenters. The van der Waals surface area contributed by atoms with Crippen LogP contribution in [-0.2, 0) is 11.3 Å². The number of hydrogen-bond acceptors (Lipinski definition) is 5. The molecule has 1 fully saturated rings. The van der Waals surface area contributed by atoms with Crippen molar-refractivity contribution in [1.82, 2.24) is 9.80 Å². The minimum atomic E-state index is -0.233. The van der Waals surface area contributed by atoms with Gasteiger partial charge in [-0.2, -0.15) is 0 Å². The molecule has 0 saturated carbocycles. The Morgan fingerprint density at radius 2 is 1.70 bits per heavy atom. The average Bonchev–Trinajstić information content (AvgIpc) is 2.75. The largest absolute Gasteiger partial charge is 0.493 e. The summed E-state index contributed by atoms with van der Waals surface area (Å²) >= 11 is 0. The summed E-state index contributed by atoms with van der Waals surface area (Å²) in [6, 6.07) is 12.1. The van der Waals surface area contributed by atoms with Crippen LogP contribution in [0.25, 0.3) is 0 Å². The van der Waals surface area contributed by atoms with Crippen molar-refractivity contribution in [1.29, 1.82) is 0 Å². The number of halogens is 1. The second kappa shape index (κ2) is 9.80. The lowest BCUT2D eigenvalue weighted by molar-refractivity contribution is -0.139. The number of methoxy groups -OCH3 is 2. The molecule has 2 aromatic rings. The van der Waals surface area contributed by atoms with Crippen molar-refractivity contribution in [3.05, 3.63) is 53.8 Å². The number of nitrogens with zero attached hydrogens (tertiary/aromatic N) is 2. The van der Waals surface area contributed by atoms with Gasteiger partial charge in [-0.25, -0.2) is 4.39 Å². The number of rotatable bonds is 7. The van der Waals surface area contributed by atoms with Crippen molar-refractivity contribution >= 4 is 5.91 Å². The number of piperazine rings is 1.